The van der Waals surface area contributed by atoms with Crippen LogP contribution in [0.1, 0.15) is 11.1 Å². The van der Waals surface area contributed by atoms with E-state index in [-0.39, 0.29) is 28.5 Å². The number of amides is 1. The van der Waals surface area contributed by atoms with E-state index in [1.54, 1.807) is 12.1 Å². The normalized spacial score (nSPS) is 10.3. The molecule has 0 atom stereocenters. The van der Waals surface area contributed by atoms with Crippen LogP contribution < -0.4 is 4.72 Å². The molecule has 4 nitrogen and oxygen atoms in total. The number of hydrogen-bond donors (Lipinski definition) is 1. The molecule has 18 heavy (non-hydrogen) atoms. The fraction of sp³-hybridized carbons (Fsp3) is 0.0833. The Morgan fingerprint density at radius 3 is 2.39 bits per heavy atom. The summed E-state index contributed by atoms with van der Waals surface area (Å²) in [5.74, 6) is -0.675. The molecule has 6 heteroatoms. The Balaban J connectivity index is 0. The van der Waals surface area contributed by atoms with Crippen molar-refractivity contribution in [2.75, 3.05) is 6.26 Å². The average molecular weight is 437 g/mol. The average Bonchev–Trinajstić information content (AvgIpc) is 2.14. The van der Waals surface area contributed by atoms with Gasteiger partial charge in [0.05, 0.1) is 6.26 Å². The Hall–Kier alpha value is -1.06. The van der Waals surface area contributed by atoms with Crippen molar-refractivity contribution in [2.45, 2.75) is 0 Å². The zero-order chi connectivity index (χ0) is 12.2. The van der Waals surface area contributed by atoms with Gasteiger partial charge in [0.25, 0.3) is 5.91 Å². The Labute approximate surface area is 123 Å². The molecule has 0 fully saturated rings. The number of carbonyl (C=O) groups excluding carboxylic acids is 1. The quantitative estimate of drug-likeness (QED) is 0.575. The maximum atomic E-state index is 11.1. The molecule has 1 aromatic carbocycles. The van der Waals surface area contributed by atoms with Crippen LogP contribution >= 0.6 is 0 Å². The Kier molecular flexibility index (Phi) is 8.69. The molecule has 0 spiro atoms. The molecule has 0 aliphatic rings. The molecular weight excluding hydrogens is 422 g/mol. The van der Waals surface area contributed by atoms with Crippen molar-refractivity contribution in [3.05, 3.63) is 55.8 Å². The van der Waals surface area contributed by atoms with Crippen LogP contribution in [-0.2, 0) is 35.9 Å². The van der Waals surface area contributed by atoms with Gasteiger partial charge in [-0.2, -0.15) is 18.6 Å². The molecule has 98 valence electrons. The van der Waals surface area contributed by atoms with Gasteiger partial charge in [0, 0.05) is 0 Å². The van der Waals surface area contributed by atoms with E-state index < -0.39 is 15.9 Å². The second-order valence-electron chi connectivity index (χ2n) is 3.27. The maximum Gasteiger partial charge on any atom is 2.00 e. The molecule has 0 aliphatic carbocycles. The summed E-state index contributed by atoms with van der Waals surface area (Å²) in [4.78, 5) is 11.1. The molecule has 0 unspecified atom stereocenters. The molecule has 0 aliphatic heterocycles. The zero-order valence-corrected chi connectivity index (χ0v) is 14.0. The van der Waals surface area contributed by atoms with Crippen molar-refractivity contribution in [3.63, 3.8) is 0 Å². The largest absolute Gasteiger partial charge is 2.00 e. The van der Waals surface area contributed by atoms with Crippen LogP contribution in [0, 0.1) is 14.4 Å². The van der Waals surface area contributed by atoms with Gasteiger partial charge in [0.1, 0.15) is 0 Å². The van der Waals surface area contributed by atoms with Gasteiger partial charge in [0.15, 0.2) is 0 Å². The number of carbonyl (C=O) groups is 1. The third-order valence-electron chi connectivity index (χ3n) is 1.76. The van der Waals surface area contributed by atoms with Crippen molar-refractivity contribution >= 4 is 22.0 Å². The summed E-state index contributed by atoms with van der Waals surface area (Å²) in [5, 5.41) is 0. The number of benzene rings is 1. The van der Waals surface area contributed by atoms with Crippen LogP contribution in [-0.4, -0.2) is 20.6 Å². The second kappa shape index (κ2) is 8.11. The molecule has 0 saturated heterocycles. The van der Waals surface area contributed by atoms with Gasteiger partial charge in [-0.05, 0) is 6.08 Å². The van der Waals surface area contributed by atoms with Gasteiger partial charge in [-0.25, -0.2) is 13.1 Å². The van der Waals surface area contributed by atoms with Gasteiger partial charge >= 0.3 is 21.1 Å². The molecule has 0 saturated carbocycles. The van der Waals surface area contributed by atoms with Crippen LogP contribution in [0.2, 0.25) is 0 Å². The van der Waals surface area contributed by atoms with Crippen LogP contribution in [0.4, 0.5) is 0 Å². The summed E-state index contributed by atoms with van der Waals surface area (Å²) in [6.07, 6.45) is 3.60. The smallest absolute Gasteiger partial charge is 0.358 e. The Morgan fingerprint density at radius 1 is 1.33 bits per heavy atom. The predicted octanol–water partition coefficient (Wildman–Crippen LogP) is 1.41. The van der Waals surface area contributed by atoms with Crippen molar-refractivity contribution in [1.29, 1.82) is 0 Å². The standard InChI is InChI=1S/C11H12NO3S.CH3.W/c1-9-5-3-4-6-10(9)7-8-11(13)12-16(2,14)15;;/h3-8H,1H2,2H3,(H,12,13);1H3;/q2*-1;+2/b8-7+;;. The van der Waals surface area contributed by atoms with E-state index in [1.807, 2.05) is 16.9 Å². The predicted molar refractivity (Wildman–Crippen MR) is 69.3 cm³/mol. The second-order valence-corrected chi connectivity index (χ2v) is 5.02. The van der Waals surface area contributed by atoms with Crippen LogP contribution in [0.25, 0.3) is 6.08 Å². The van der Waals surface area contributed by atoms with Crippen LogP contribution in [0.15, 0.2) is 30.3 Å². The van der Waals surface area contributed by atoms with Gasteiger partial charge in [0.2, 0.25) is 10.0 Å². The SMILES string of the molecule is [CH2-]c1ccccc1/C=C/C(=O)NS(C)(=O)=O.[CH3-].[W+2]. The van der Waals surface area contributed by atoms with Gasteiger partial charge in [-0.15, -0.1) is 23.8 Å². The first-order valence-electron chi connectivity index (χ1n) is 4.49. The minimum absolute atomic E-state index is 0. The number of nitrogens with one attached hydrogen (secondary N) is 1. The minimum Gasteiger partial charge on any atom is -0.358 e. The van der Waals surface area contributed by atoms with Gasteiger partial charge < -0.3 is 7.43 Å². The summed E-state index contributed by atoms with van der Waals surface area (Å²) in [6, 6.07) is 7.22. The minimum atomic E-state index is -3.50. The molecule has 1 N–H and O–H groups in total. The third kappa shape index (κ3) is 7.30. The van der Waals surface area contributed by atoms with E-state index in [0.717, 1.165) is 23.5 Å². The first-order valence-corrected chi connectivity index (χ1v) is 6.38. The van der Waals surface area contributed by atoms with Crippen LogP contribution in [0.3, 0.4) is 0 Å². The first-order chi connectivity index (χ1) is 7.38. The fourth-order valence-electron chi connectivity index (χ4n) is 1.08. The summed E-state index contributed by atoms with van der Waals surface area (Å²) in [5.41, 5.74) is 1.54. The fourth-order valence-corrected chi connectivity index (χ4v) is 1.51. The van der Waals surface area contributed by atoms with E-state index in [0.29, 0.717) is 0 Å². The van der Waals surface area contributed by atoms with E-state index >= 15 is 0 Å². The van der Waals surface area contributed by atoms with E-state index in [2.05, 4.69) is 6.92 Å². The van der Waals surface area contributed by atoms with Gasteiger partial charge in [-0.3, -0.25) is 4.79 Å². The van der Waals surface area contributed by atoms with Gasteiger partial charge in [-0.1, -0.05) is 6.07 Å². The number of sulfonamides is 1. The zero-order valence-electron chi connectivity index (χ0n) is 10.2. The number of rotatable bonds is 3. The Bertz CT molecular complexity index is 524. The molecule has 1 aromatic rings. The van der Waals surface area contributed by atoms with E-state index in [1.165, 1.54) is 6.08 Å². The Morgan fingerprint density at radius 2 is 1.89 bits per heavy atom. The van der Waals surface area contributed by atoms with E-state index in [9.17, 15) is 13.2 Å². The summed E-state index contributed by atoms with van der Waals surface area (Å²) >= 11 is 0. The molecule has 0 aromatic heterocycles. The molecule has 0 heterocycles. The third-order valence-corrected chi connectivity index (χ3v) is 2.33. The monoisotopic (exact) mass is 437 g/mol. The molecule has 1 rings (SSSR count). The van der Waals surface area contributed by atoms with Crippen molar-refractivity contribution in [2.24, 2.45) is 0 Å². The molecule has 0 radical (unpaired) electrons. The molecular formula is C12H15NO3SW. The van der Waals surface area contributed by atoms with Crippen molar-refractivity contribution in [3.8, 4) is 0 Å². The maximum absolute atomic E-state index is 11.1. The first kappa shape index (κ1) is 19.3. The van der Waals surface area contributed by atoms with Crippen molar-refractivity contribution < 1.29 is 34.3 Å². The summed E-state index contributed by atoms with van der Waals surface area (Å²) in [6.45, 7) is 3.77. The summed E-state index contributed by atoms with van der Waals surface area (Å²) < 4.78 is 23.3. The summed E-state index contributed by atoms with van der Waals surface area (Å²) in [7, 11) is -3.50. The van der Waals surface area contributed by atoms with Crippen LogP contribution in [0.5, 0.6) is 0 Å². The van der Waals surface area contributed by atoms with Crippen molar-refractivity contribution in [1.82, 2.24) is 4.72 Å². The van der Waals surface area contributed by atoms with E-state index in [4.69, 9.17) is 0 Å². The topological polar surface area (TPSA) is 63.2 Å². The molecule has 0 bridgehead atoms. The number of hydrogen-bond acceptors (Lipinski definition) is 3. The molecule has 1 amide bonds.